The molecule has 154 valence electrons. The van der Waals surface area contributed by atoms with E-state index >= 15 is 0 Å². The Balaban J connectivity index is 1.79. The second kappa shape index (κ2) is 7.89. The number of fused-ring (bicyclic) bond motifs is 1. The van der Waals surface area contributed by atoms with Crippen molar-refractivity contribution in [3.63, 3.8) is 0 Å². The summed E-state index contributed by atoms with van der Waals surface area (Å²) >= 11 is 12.6. The van der Waals surface area contributed by atoms with E-state index in [1.54, 1.807) is 18.2 Å². The first-order valence-electron chi connectivity index (χ1n) is 9.75. The molecule has 3 aromatic rings. The molecule has 0 fully saturated rings. The van der Waals surface area contributed by atoms with Gasteiger partial charge in [0.05, 0.1) is 17.8 Å². The lowest BCUT2D eigenvalue weighted by Gasteiger charge is -2.42. The van der Waals surface area contributed by atoms with Crippen molar-refractivity contribution in [1.82, 2.24) is 0 Å². The fourth-order valence-electron chi connectivity index (χ4n) is 4.19. The summed E-state index contributed by atoms with van der Waals surface area (Å²) in [5.41, 5.74) is 3.44. The average Bonchev–Trinajstić information content (AvgIpc) is 3.14. The number of aliphatic hydroxyl groups excluding tert-OH is 1. The zero-order valence-corrected chi connectivity index (χ0v) is 17.7. The Morgan fingerprint density at radius 2 is 1.48 bits per heavy atom. The lowest BCUT2D eigenvalue weighted by molar-refractivity contribution is -0.132. The normalized spacial score (nSPS) is 20.4. The Labute approximate surface area is 189 Å². The minimum absolute atomic E-state index is 0.340. The number of hydrogen-bond donors (Lipinski definition) is 1. The molecule has 6 heteroatoms. The van der Waals surface area contributed by atoms with Crippen LogP contribution in [0.5, 0.6) is 0 Å². The quantitative estimate of drug-likeness (QED) is 0.515. The highest BCUT2D eigenvalue weighted by Crippen LogP contribution is 2.48. The Kier molecular flexibility index (Phi) is 5.06. The largest absolute Gasteiger partial charge is 0.421 e. The average molecular weight is 450 g/mol. The summed E-state index contributed by atoms with van der Waals surface area (Å²) in [5.74, 6) is -0.149. The maximum Gasteiger partial charge on any atom is 0.338 e. The Morgan fingerprint density at radius 3 is 2.13 bits per heavy atom. The van der Waals surface area contributed by atoms with Crippen LogP contribution >= 0.6 is 23.2 Å². The summed E-state index contributed by atoms with van der Waals surface area (Å²) in [7, 11) is 0. The van der Waals surface area contributed by atoms with E-state index in [0.29, 0.717) is 32.8 Å². The lowest BCUT2D eigenvalue weighted by atomic mass is 9.85. The molecule has 2 heterocycles. The molecule has 0 bridgehead atoms. The number of anilines is 1. The molecular weight excluding hydrogens is 433 g/mol. The molecule has 31 heavy (non-hydrogen) atoms. The molecule has 1 N–H and O–H groups in total. The van der Waals surface area contributed by atoms with Gasteiger partial charge in [-0.25, -0.2) is 4.79 Å². The first kappa shape index (κ1) is 19.9. The Bertz CT molecular complexity index is 1200. The SMILES string of the molecule is O=C1C=C2C(=C(c3ccccc3)[C@@H](O)[C@H](c3ccccc3)N2c2cc(Cl)cc(Cl)c2)O1. The highest BCUT2D eigenvalue weighted by Gasteiger charge is 2.44. The van der Waals surface area contributed by atoms with Gasteiger partial charge in [0, 0.05) is 21.3 Å². The van der Waals surface area contributed by atoms with Crippen LogP contribution in [0.25, 0.3) is 5.57 Å². The van der Waals surface area contributed by atoms with Crippen LogP contribution in [0.2, 0.25) is 10.0 Å². The second-order valence-electron chi connectivity index (χ2n) is 7.36. The standard InChI is InChI=1S/C25H17Cl2NO3/c26-17-11-18(27)13-19(12-17)28-20-14-21(29)31-25(20)22(15-7-3-1-4-8-15)24(30)23(28)16-9-5-2-6-10-16/h1-14,23-24,30H/t23-,24+/m0/s1. The predicted octanol–water partition coefficient (Wildman–Crippen LogP) is 5.77. The third kappa shape index (κ3) is 3.53. The predicted molar refractivity (Wildman–Crippen MR) is 122 cm³/mol. The molecule has 0 aromatic heterocycles. The van der Waals surface area contributed by atoms with E-state index in [4.69, 9.17) is 27.9 Å². The van der Waals surface area contributed by atoms with Crippen LogP contribution in [-0.4, -0.2) is 17.2 Å². The molecule has 2 aliphatic heterocycles. The van der Waals surface area contributed by atoms with Crippen LogP contribution in [0.1, 0.15) is 17.2 Å². The highest BCUT2D eigenvalue weighted by atomic mass is 35.5. The number of carbonyl (C=O) groups excluding carboxylic acids is 1. The first-order valence-corrected chi connectivity index (χ1v) is 10.5. The summed E-state index contributed by atoms with van der Waals surface area (Å²) < 4.78 is 5.58. The number of aliphatic hydroxyl groups is 1. The van der Waals surface area contributed by atoms with Crippen molar-refractivity contribution in [2.45, 2.75) is 12.1 Å². The van der Waals surface area contributed by atoms with Crippen LogP contribution in [0.15, 0.2) is 96.4 Å². The number of halogens is 2. The number of ether oxygens (including phenoxy) is 1. The third-order valence-corrected chi connectivity index (χ3v) is 5.85. The molecule has 0 aliphatic carbocycles. The summed E-state index contributed by atoms with van der Waals surface area (Å²) in [6, 6.07) is 23.7. The van der Waals surface area contributed by atoms with Crippen LogP contribution in [0.3, 0.4) is 0 Å². The van der Waals surface area contributed by atoms with Gasteiger partial charge in [0.2, 0.25) is 0 Å². The Hall–Kier alpha value is -3.05. The van der Waals surface area contributed by atoms with Gasteiger partial charge in [-0.05, 0) is 29.3 Å². The van der Waals surface area contributed by atoms with Gasteiger partial charge in [-0.3, -0.25) is 0 Å². The minimum atomic E-state index is -0.986. The zero-order valence-electron chi connectivity index (χ0n) is 16.2. The van der Waals surface area contributed by atoms with Gasteiger partial charge in [-0.1, -0.05) is 83.9 Å². The van der Waals surface area contributed by atoms with Gasteiger partial charge < -0.3 is 14.7 Å². The first-order chi connectivity index (χ1) is 15.0. The number of esters is 1. The second-order valence-corrected chi connectivity index (χ2v) is 8.23. The lowest BCUT2D eigenvalue weighted by Crippen LogP contribution is -2.41. The smallest absolute Gasteiger partial charge is 0.338 e. The molecule has 0 unspecified atom stereocenters. The topological polar surface area (TPSA) is 49.8 Å². The van der Waals surface area contributed by atoms with Crippen molar-refractivity contribution in [2.75, 3.05) is 4.90 Å². The molecule has 0 radical (unpaired) electrons. The fourth-order valence-corrected chi connectivity index (χ4v) is 4.71. The molecule has 5 rings (SSSR count). The maximum atomic E-state index is 12.4. The van der Waals surface area contributed by atoms with Crippen molar-refractivity contribution in [3.8, 4) is 0 Å². The van der Waals surface area contributed by atoms with Crippen LogP contribution in [0.4, 0.5) is 5.69 Å². The number of benzene rings is 3. The molecule has 3 aromatic carbocycles. The minimum Gasteiger partial charge on any atom is -0.421 e. The van der Waals surface area contributed by atoms with Crippen molar-refractivity contribution < 1.29 is 14.6 Å². The molecule has 0 amide bonds. The molecule has 0 saturated heterocycles. The van der Waals surface area contributed by atoms with Gasteiger partial charge in [0.15, 0.2) is 5.76 Å². The number of hydrogen-bond acceptors (Lipinski definition) is 4. The third-order valence-electron chi connectivity index (χ3n) is 5.42. The van der Waals surface area contributed by atoms with Crippen molar-refractivity contribution in [3.05, 3.63) is 118 Å². The van der Waals surface area contributed by atoms with E-state index in [9.17, 15) is 9.90 Å². The number of nitrogens with zero attached hydrogens (tertiary/aromatic N) is 1. The number of rotatable bonds is 3. The molecule has 2 atom stereocenters. The molecule has 4 nitrogen and oxygen atoms in total. The van der Waals surface area contributed by atoms with E-state index in [0.717, 1.165) is 11.1 Å². The Morgan fingerprint density at radius 1 is 0.871 bits per heavy atom. The maximum absolute atomic E-state index is 12.4. The molecule has 0 saturated carbocycles. The fraction of sp³-hybridized carbons (Fsp3) is 0.0800. The summed E-state index contributed by atoms with van der Waals surface area (Å²) in [6.07, 6.45) is 0.454. The highest BCUT2D eigenvalue weighted by molar-refractivity contribution is 6.35. The van der Waals surface area contributed by atoms with Gasteiger partial charge in [0.25, 0.3) is 0 Å². The van der Waals surface area contributed by atoms with E-state index in [1.807, 2.05) is 65.6 Å². The van der Waals surface area contributed by atoms with E-state index in [-0.39, 0.29) is 0 Å². The van der Waals surface area contributed by atoms with Gasteiger partial charge in [-0.15, -0.1) is 0 Å². The van der Waals surface area contributed by atoms with Crippen LogP contribution < -0.4 is 4.90 Å². The summed E-state index contributed by atoms with van der Waals surface area (Å²) in [4.78, 5) is 14.2. The van der Waals surface area contributed by atoms with Gasteiger partial charge in [0.1, 0.15) is 6.10 Å². The van der Waals surface area contributed by atoms with Crippen LogP contribution in [-0.2, 0) is 9.53 Å². The van der Waals surface area contributed by atoms with E-state index < -0.39 is 18.1 Å². The monoisotopic (exact) mass is 449 g/mol. The van der Waals surface area contributed by atoms with Gasteiger partial charge in [-0.2, -0.15) is 0 Å². The molecule has 2 aliphatic rings. The summed E-state index contributed by atoms with van der Waals surface area (Å²) in [6.45, 7) is 0. The summed E-state index contributed by atoms with van der Waals surface area (Å²) in [5, 5.41) is 12.6. The molecular formula is C25H17Cl2NO3. The van der Waals surface area contributed by atoms with Crippen LogP contribution in [0, 0.1) is 0 Å². The van der Waals surface area contributed by atoms with Crippen molar-refractivity contribution in [1.29, 1.82) is 0 Å². The number of carbonyl (C=O) groups is 1. The van der Waals surface area contributed by atoms with E-state index in [2.05, 4.69) is 0 Å². The van der Waals surface area contributed by atoms with E-state index in [1.165, 1.54) is 6.08 Å². The molecule has 0 spiro atoms. The van der Waals surface area contributed by atoms with Crippen molar-refractivity contribution >= 4 is 40.4 Å². The zero-order chi connectivity index (χ0) is 21.5. The van der Waals surface area contributed by atoms with Gasteiger partial charge >= 0.3 is 5.97 Å². The van der Waals surface area contributed by atoms with Crippen molar-refractivity contribution in [2.24, 2.45) is 0 Å².